The van der Waals surface area contributed by atoms with Crippen LogP contribution in [0.25, 0.3) is 0 Å². The van der Waals surface area contributed by atoms with Crippen molar-refractivity contribution in [2.45, 2.75) is 13.0 Å². The highest BCUT2D eigenvalue weighted by atomic mass is 14.6. The number of aromatic nitrogens is 1. The highest BCUT2D eigenvalue weighted by Crippen LogP contribution is 1.91. The van der Waals surface area contributed by atoms with Crippen molar-refractivity contribution in [2.24, 2.45) is 5.73 Å². The molecule has 2 nitrogen and oxygen atoms in total. The maximum Gasteiger partial charge on any atom is 0.0639 e. The Morgan fingerprint density at radius 1 is 1.45 bits per heavy atom. The van der Waals surface area contributed by atoms with E-state index in [2.05, 4.69) is 16.8 Å². The Balaban J connectivity index is 2.75. The molecule has 0 aliphatic heterocycles. The van der Waals surface area contributed by atoms with Crippen molar-refractivity contribution in [1.82, 2.24) is 4.98 Å². The number of hydrogen-bond donors (Lipinski definition) is 1. The van der Waals surface area contributed by atoms with Gasteiger partial charge in [-0.05, 0) is 19.1 Å². The minimum absolute atomic E-state index is 0.0665. The van der Waals surface area contributed by atoms with Gasteiger partial charge in [-0.3, -0.25) is 4.98 Å². The third-order valence-electron chi connectivity index (χ3n) is 1.12. The van der Waals surface area contributed by atoms with Crippen LogP contribution in [-0.4, -0.2) is 11.0 Å². The van der Waals surface area contributed by atoms with Crippen LogP contribution in [0.5, 0.6) is 0 Å². The molecule has 1 unspecified atom stereocenters. The number of nitrogens with zero attached hydrogens (tertiary/aromatic N) is 1. The molecule has 0 fully saturated rings. The molecule has 56 valence electrons. The van der Waals surface area contributed by atoms with Crippen molar-refractivity contribution >= 4 is 0 Å². The van der Waals surface area contributed by atoms with E-state index in [0.29, 0.717) is 0 Å². The summed E-state index contributed by atoms with van der Waals surface area (Å²) in [6, 6.07) is 3.65. The first-order chi connectivity index (χ1) is 5.29. The van der Waals surface area contributed by atoms with Gasteiger partial charge in [0.15, 0.2) is 0 Å². The molecule has 1 aromatic rings. The van der Waals surface area contributed by atoms with Gasteiger partial charge in [-0.2, -0.15) is 0 Å². The lowest BCUT2D eigenvalue weighted by molar-refractivity contribution is 0.959. The van der Waals surface area contributed by atoms with Crippen LogP contribution in [0, 0.1) is 11.8 Å². The number of pyridine rings is 1. The second-order valence-corrected chi connectivity index (χ2v) is 2.29. The molecule has 1 heterocycles. The molecular weight excluding hydrogens is 136 g/mol. The molecule has 11 heavy (non-hydrogen) atoms. The lowest BCUT2D eigenvalue weighted by Gasteiger charge is -1.89. The number of hydrogen-bond acceptors (Lipinski definition) is 2. The van der Waals surface area contributed by atoms with Crippen LogP contribution < -0.4 is 5.73 Å². The molecule has 0 spiro atoms. The minimum Gasteiger partial charge on any atom is -0.318 e. The normalized spacial score (nSPS) is 11.5. The van der Waals surface area contributed by atoms with Crippen LogP contribution >= 0.6 is 0 Å². The van der Waals surface area contributed by atoms with Gasteiger partial charge in [0.2, 0.25) is 0 Å². The molecule has 2 N–H and O–H groups in total. The van der Waals surface area contributed by atoms with Crippen molar-refractivity contribution in [1.29, 1.82) is 0 Å². The standard InChI is InChI=1S/C9H10N2/c1-8(10)2-3-9-4-6-11-7-5-9/h4-8H,10H2,1H3. The zero-order valence-corrected chi connectivity index (χ0v) is 6.41. The van der Waals surface area contributed by atoms with Gasteiger partial charge in [-0.25, -0.2) is 0 Å². The van der Waals surface area contributed by atoms with Gasteiger partial charge in [-0.15, -0.1) is 0 Å². The Morgan fingerprint density at radius 2 is 2.09 bits per heavy atom. The van der Waals surface area contributed by atoms with Crippen molar-refractivity contribution in [3.63, 3.8) is 0 Å². The third kappa shape index (κ3) is 2.83. The van der Waals surface area contributed by atoms with Crippen molar-refractivity contribution in [3.05, 3.63) is 30.1 Å². The molecule has 0 saturated heterocycles. The second-order valence-electron chi connectivity index (χ2n) is 2.29. The average Bonchev–Trinajstić information content (AvgIpc) is 2.03. The Hall–Kier alpha value is -1.33. The van der Waals surface area contributed by atoms with Gasteiger partial charge < -0.3 is 5.73 Å². The van der Waals surface area contributed by atoms with Gasteiger partial charge in [-0.1, -0.05) is 11.8 Å². The van der Waals surface area contributed by atoms with Gasteiger partial charge in [0.1, 0.15) is 0 Å². The summed E-state index contributed by atoms with van der Waals surface area (Å²) < 4.78 is 0. The highest BCUT2D eigenvalue weighted by molar-refractivity contribution is 5.32. The van der Waals surface area contributed by atoms with Crippen LogP contribution in [0.2, 0.25) is 0 Å². The summed E-state index contributed by atoms with van der Waals surface area (Å²) in [5, 5.41) is 0. The Kier molecular flexibility index (Phi) is 2.65. The van der Waals surface area contributed by atoms with E-state index in [1.54, 1.807) is 12.4 Å². The van der Waals surface area contributed by atoms with Crippen molar-refractivity contribution in [3.8, 4) is 11.8 Å². The Labute approximate surface area is 66.4 Å². The fraction of sp³-hybridized carbons (Fsp3) is 0.222. The summed E-state index contributed by atoms with van der Waals surface area (Å²) in [6.07, 6.45) is 3.43. The van der Waals surface area contributed by atoms with E-state index < -0.39 is 0 Å². The highest BCUT2D eigenvalue weighted by Gasteiger charge is 1.83. The molecule has 1 aromatic heterocycles. The molecule has 0 bridgehead atoms. The maximum atomic E-state index is 5.45. The third-order valence-corrected chi connectivity index (χ3v) is 1.12. The average molecular weight is 146 g/mol. The summed E-state index contributed by atoms with van der Waals surface area (Å²) >= 11 is 0. The molecule has 2 heteroatoms. The van der Waals surface area contributed by atoms with Gasteiger partial charge in [0.05, 0.1) is 6.04 Å². The molecular formula is C9H10N2. The van der Waals surface area contributed by atoms with Crippen LogP contribution in [0.1, 0.15) is 12.5 Å². The summed E-state index contributed by atoms with van der Waals surface area (Å²) in [4.78, 5) is 3.87. The second kappa shape index (κ2) is 3.75. The lowest BCUT2D eigenvalue weighted by Crippen LogP contribution is -2.10. The van der Waals surface area contributed by atoms with E-state index in [1.807, 2.05) is 19.1 Å². The van der Waals surface area contributed by atoms with Crippen LogP contribution in [0.15, 0.2) is 24.5 Å². The molecule has 1 atom stereocenters. The summed E-state index contributed by atoms with van der Waals surface area (Å²) in [5.74, 6) is 5.79. The molecule has 0 aromatic carbocycles. The molecule has 0 aliphatic carbocycles. The molecule has 0 saturated carbocycles. The molecule has 0 amide bonds. The summed E-state index contributed by atoms with van der Waals surface area (Å²) in [5.41, 5.74) is 6.41. The summed E-state index contributed by atoms with van der Waals surface area (Å²) in [7, 11) is 0. The fourth-order valence-corrected chi connectivity index (χ4v) is 0.632. The van der Waals surface area contributed by atoms with E-state index in [1.165, 1.54) is 0 Å². The first-order valence-electron chi connectivity index (χ1n) is 3.46. The molecule has 0 aliphatic rings. The van der Waals surface area contributed by atoms with Crippen LogP contribution in [0.3, 0.4) is 0 Å². The van der Waals surface area contributed by atoms with Crippen LogP contribution in [0.4, 0.5) is 0 Å². The predicted octanol–water partition coefficient (Wildman–Crippen LogP) is 0.780. The topological polar surface area (TPSA) is 38.9 Å². The van der Waals surface area contributed by atoms with Gasteiger partial charge in [0, 0.05) is 18.0 Å². The van der Waals surface area contributed by atoms with Crippen molar-refractivity contribution in [2.75, 3.05) is 0 Å². The van der Waals surface area contributed by atoms with E-state index in [-0.39, 0.29) is 6.04 Å². The minimum atomic E-state index is -0.0665. The smallest absolute Gasteiger partial charge is 0.0639 e. The molecule has 0 radical (unpaired) electrons. The number of rotatable bonds is 0. The number of nitrogens with two attached hydrogens (primary N) is 1. The monoisotopic (exact) mass is 146 g/mol. The summed E-state index contributed by atoms with van der Waals surface area (Å²) in [6.45, 7) is 1.86. The van der Waals surface area contributed by atoms with Gasteiger partial charge in [0.25, 0.3) is 0 Å². The van der Waals surface area contributed by atoms with E-state index >= 15 is 0 Å². The predicted molar refractivity (Wildman–Crippen MR) is 44.8 cm³/mol. The van der Waals surface area contributed by atoms with Crippen molar-refractivity contribution < 1.29 is 0 Å². The van der Waals surface area contributed by atoms with Gasteiger partial charge >= 0.3 is 0 Å². The quantitative estimate of drug-likeness (QED) is 0.549. The Bertz CT molecular complexity index is 267. The first-order valence-corrected chi connectivity index (χ1v) is 3.46. The largest absolute Gasteiger partial charge is 0.318 e. The van der Waals surface area contributed by atoms with Crippen LogP contribution in [-0.2, 0) is 0 Å². The zero-order valence-electron chi connectivity index (χ0n) is 6.41. The SMILES string of the molecule is CC(N)C#Cc1ccncc1. The first kappa shape index (κ1) is 7.77. The zero-order chi connectivity index (χ0) is 8.10. The maximum absolute atomic E-state index is 5.45. The van der Waals surface area contributed by atoms with E-state index in [9.17, 15) is 0 Å². The lowest BCUT2D eigenvalue weighted by atomic mass is 10.2. The molecule has 1 rings (SSSR count). The van der Waals surface area contributed by atoms with E-state index in [4.69, 9.17) is 5.73 Å². The Morgan fingerprint density at radius 3 is 2.64 bits per heavy atom. The van der Waals surface area contributed by atoms with E-state index in [0.717, 1.165) is 5.56 Å². The fourth-order valence-electron chi connectivity index (χ4n) is 0.632.